The van der Waals surface area contributed by atoms with Crippen molar-refractivity contribution in [2.24, 2.45) is 5.92 Å². The van der Waals surface area contributed by atoms with Crippen LogP contribution < -0.4 is 5.32 Å². The highest BCUT2D eigenvalue weighted by Crippen LogP contribution is 2.39. The number of nitrogens with one attached hydrogen (secondary N) is 1. The Kier molecular flexibility index (Phi) is 12.8. The molecule has 10 heteroatoms. The molecule has 0 saturated carbocycles. The maximum atomic E-state index is 13.4. The van der Waals surface area contributed by atoms with Crippen molar-refractivity contribution >= 4 is 23.7 Å². The molecule has 4 rings (SSSR count). The zero-order valence-electron chi connectivity index (χ0n) is 27.9. The van der Waals surface area contributed by atoms with Crippen LogP contribution in [0.4, 0.5) is 5.69 Å². The molecule has 3 aromatic rings. The molecule has 10 nitrogen and oxygen atoms in total. The summed E-state index contributed by atoms with van der Waals surface area (Å²) in [5, 5.41) is 24.4. The number of pyridine rings is 1. The van der Waals surface area contributed by atoms with Crippen LogP contribution in [0.2, 0.25) is 0 Å². The number of carboxylic acid groups (broad SMARTS) is 1. The van der Waals surface area contributed by atoms with Crippen molar-refractivity contribution in [3.63, 3.8) is 0 Å². The lowest BCUT2D eigenvalue weighted by Gasteiger charge is -2.29. The number of carbonyl (C=O) groups is 2. The standard InChI is InChI=1S/C38H43N3O7/c1-5-28(15-18-47-24-25(2)20-29-11-13-30(14-12-29)21-31-8-7-17-39-23-31)16-19-48-38(44)35-27(4)40-26(3)34(37(42)43)36(35)32-9-6-10-33(22-32)41(45)46/h6-14,17,20,22-23,28,36,40H,5,15-16,18-19,21,24H2,1-4H3,(H,42,43). The Morgan fingerprint density at radius 3 is 2.42 bits per heavy atom. The third-order valence-corrected chi connectivity index (χ3v) is 8.49. The number of hydrogen-bond donors (Lipinski definition) is 2. The summed E-state index contributed by atoms with van der Waals surface area (Å²) in [4.78, 5) is 40.8. The van der Waals surface area contributed by atoms with Gasteiger partial charge in [0.2, 0.25) is 0 Å². The molecule has 0 bridgehead atoms. The van der Waals surface area contributed by atoms with Crippen LogP contribution in [0.3, 0.4) is 0 Å². The van der Waals surface area contributed by atoms with Crippen LogP contribution in [-0.4, -0.2) is 46.8 Å². The average Bonchev–Trinajstić information content (AvgIpc) is 3.06. The van der Waals surface area contributed by atoms with E-state index in [4.69, 9.17) is 9.47 Å². The average molecular weight is 654 g/mol. The Hall–Kier alpha value is -5.09. The van der Waals surface area contributed by atoms with Gasteiger partial charge in [0.05, 0.1) is 35.2 Å². The minimum atomic E-state index is -1.22. The van der Waals surface area contributed by atoms with E-state index in [1.807, 2.05) is 19.2 Å². The van der Waals surface area contributed by atoms with Crippen LogP contribution in [0.15, 0.2) is 101 Å². The first-order chi connectivity index (χ1) is 23.1. The largest absolute Gasteiger partial charge is 0.478 e. The molecule has 0 spiro atoms. The molecule has 1 aliphatic rings. The highest BCUT2D eigenvalue weighted by molar-refractivity contribution is 5.99. The van der Waals surface area contributed by atoms with E-state index in [1.54, 1.807) is 26.1 Å². The van der Waals surface area contributed by atoms with E-state index in [9.17, 15) is 24.8 Å². The molecule has 48 heavy (non-hydrogen) atoms. The number of esters is 1. The van der Waals surface area contributed by atoms with Crippen molar-refractivity contribution in [3.05, 3.63) is 134 Å². The van der Waals surface area contributed by atoms with Crippen LogP contribution in [-0.2, 0) is 25.5 Å². The van der Waals surface area contributed by atoms with Gasteiger partial charge in [-0.05, 0) is 79.8 Å². The molecule has 0 radical (unpaired) electrons. The van der Waals surface area contributed by atoms with Gasteiger partial charge in [-0.1, -0.05) is 61.9 Å². The molecule has 1 aliphatic heterocycles. The Labute approximate surface area is 281 Å². The maximum Gasteiger partial charge on any atom is 0.336 e. The van der Waals surface area contributed by atoms with Crippen molar-refractivity contribution in [3.8, 4) is 0 Å². The van der Waals surface area contributed by atoms with Crippen molar-refractivity contribution in [1.29, 1.82) is 0 Å². The predicted octanol–water partition coefficient (Wildman–Crippen LogP) is 7.37. The molecule has 0 saturated heterocycles. The highest BCUT2D eigenvalue weighted by Gasteiger charge is 2.37. The summed E-state index contributed by atoms with van der Waals surface area (Å²) < 4.78 is 11.7. The second-order valence-corrected chi connectivity index (χ2v) is 12.1. The first-order valence-electron chi connectivity index (χ1n) is 16.1. The number of nitrogens with zero attached hydrogens (tertiary/aromatic N) is 2. The molecule has 252 valence electrons. The number of carbonyl (C=O) groups excluding carboxylic acids is 1. The summed E-state index contributed by atoms with van der Waals surface area (Å²) in [6, 6.07) is 18.2. The minimum absolute atomic E-state index is 0.0567. The van der Waals surface area contributed by atoms with Gasteiger partial charge in [-0.15, -0.1) is 0 Å². The van der Waals surface area contributed by atoms with E-state index in [2.05, 4.69) is 53.6 Å². The number of allylic oxidation sites excluding steroid dienone is 2. The number of non-ortho nitro benzene ring substituents is 1. The van der Waals surface area contributed by atoms with Crippen molar-refractivity contribution in [2.45, 2.75) is 59.3 Å². The van der Waals surface area contributed by atoms with Crippen LogP contribution in [0, 0.1) is 16.0 Å². The number of aliphatic carboxylic acids is 1. The molecule has 2 aromatic carbocycles. The fourth-order valence-electron chi connectivity index (χ4n) is 5.93. The van der Waals surface area contributed by atoms with E-state index in [1.165, 1.54) is 29.3 Å². The summed E-state index contributed by atoms with van der Waals surface area (Å²) in [5.74, 6) is -2.63. The molecule has 0 aliphatic carbocycles. The van der Waals surface area contributed by atoms with Gasteiger partial charge in [0, 0.05) is 42.5 Å². The van der Waals surface area contributed by atoms with Gasteiger partial charge in [-0.25, -0.2) is 9.59 Å². The SMILES string of the molecule is CCC(CCOCC(C)=Cc1ccc(Cc2cccnc2)cc1)CCOC(=O)C1=C(C)NC(C)=C(C(=O)O)C1c1cccc([N+](=O)[O-])c1. The number of ether oxygens (including phenoxy) is 2. The van der Waals surface area contributed by atoms with E-state index < -0.39 is 22.8 Å². The molecule has 2 atom stereocenters. The lowest BCUT2D eigenvalue weighted by Crippen LogP contribution is -2.32. The maximum absolute atomic E-state index is 13.4. The van der Waals surface area contributed by atoms with Crippen LogP contribution in [0.1, 0.15) is 75.1 Å². The molecule has 1 aromatic heterocycles. The van der Waals surface area contributed by atoms with Gasteiger partial charge in [0.15, 0.2) is 0 Å². The fraction of sp³-hybridized carbons (Fsp3) is 0.342. The van der Waals surface area contributed by atoms with E-state index in [-0.39, 0.29) is 29.4 Å². The van der Waals surface area contributed by atoms with Gasteiger partial charge in [-0.3, -0.25) is 15.1 Å². The lowest BCUT2D eigenvalue weighted by atomic mass is 9.80. The second-order valence-electron chi connectivity index (χ2n) is 12.1. The molecule has 0 amide bonds. The molecule has 2 N–H and O–H groups in total. The minimum Gasteiger partial charge on any atom is -0.478 e. The number of aromatic nitrogens is 1. The molecule has 2 unspecified atom stereocenters. The smallest absolute Gasteiger partial charge is 0.336 e. The van der Waals surface area contributed by atoms with Crippen molar-refractivity contribution in [1.82, 2.24) is 10.3 Å². The zero-order chi connectivity index (χ0) is 34.6. The molecular formula is C38H43N3O7. The molecule has 0 fully saturated rings. The van der Waals surface area contributed by atoms with Gasteiger partial charge in [0.25, 0.3) is 5.69 Å². The second kappa shape index (κ2) is 17.2. The Balaban J connectivity index is 1.28. The van der Waals surface area contributed by atoms with Gasteiger partial charge >= 0.3 is 11.9 Å². The molecule has 2 heterocycles. The Morgan fingerprint density at radius 2 is 1.75 bits per heavy atom. The highest BCUT2D eigenvalue weighted by atomic mass is 16.6. The first-order valence-corrected chi connectivity index (χ1v) is 16.1. The van der Waals surface area contributed by atoms with Crippen molar-refractivity contribution < 1.29 is 29.1 Å². The monoisotopic (exact) mass is 653 g/mol. The van der Waals surface area contributed by atoms with E-state index >= 15 is 0 Å². The Morgan fingerprint density at radius 1 is 1.02 bits per heavy atom. The van der Waals surface area contributed by atoms with Crippen LogP contribution in [0.5, 0.6) is 0 Å². The van der Waals surface area contributed by atoms with Crippen molar-refractivity contribution in [2.75, 3.05) is 19.8 Å². The summed E-state index contributed by atoms with van der Waals surface area (Å²) in [5.41, 5.74) is 5.66. The number of rotatable bonds is 16. The third-order valence-electron chi connectivity index (χ3n) is 8.49. The number of nitro benzene ring substituents is 1. The predicted molar refractivity (Wildman–Crippen MR) is 184 cm³/mol. The number of benzene rings is 2. The van der Waals surface area contributed by atoms with E-state index in [0.717, 1.165) is 30.4 Å². The van der Waals surface area contributed by atoms with E-state index in [0.29, 0.717) is 36.6 Å². The number of carboxylic acids is 1. The molecular weight excluding hydrogens is 610 g/mol. The summed E-state index contributed by atoms with van der Waals surface area (Å²) in [6.07, 6.45) is 8.92. The first kappa shape index (κ1) is 35.8. The lowest BCUT2D eigenvalue weighted by molar-refractivity contribution is -0.384. The number of hydrogen-bond acceptors (Lipinski definition) is 8. The topological polar surface area (TPSA) is 141 Å². The normalized spacial score (nSPS) is 15.6. The van der Waals surface area contributed by atoms with Gasteiger partial charge in [-0.2, -0.15) is 0 Å². The summed E-state index contributed by atoms with van der Waals surface area (Å²) in [6.45, 7) is 8.63. The zero-order valence-corrected chi connectivity index (χ0v) is 27.9. The van der Waals surface area contributed by atoms with Crippen LogP contribution >= 0.6 is 0 Å². The summed E-state index contributed by atoms with van der Waals surface area (Å²) in [7, 11) is 0. The van der Waals surface area contributed by atoms with Gasteiger partial charge in [0.1, 0.15) is 0 Å². The quantitative estimate of drug-likeness (QED) is 0.0701. The number of nitro groups is 1. The third kappa shape index (κ3) is 9.71. The summed E-state index contributed by atoms with van der Waals surface area (Å²) >= 11 is 0. The fourth-order valence-corrected chi connectivity index (χ4v) is 5.93. The Bertz CT molecular complexity index is 1690. The van der Waals surface area contributed by atoms with Gasteiger partial charge < -0.3 is 19.9 Å². The van der Waals surface area contributed by atoms with Crippen LogP contribution in [0.25, 0.3) is 6.08 Å². The number of dihydropyridines is 1.